The van der Waals surface area contributed by atoms with Gasteiger partial charge in [0.2, 0.25) is 5.88 Å². The lowest BCUT2D eigenvalue weighted by atomic mass is 10.3. The molecule has 0 atom stereocenters. The quantitative estimate of drug-likeness (QED) is 0.779. The second kappa shape index (κ2) is 5.37. The fourth-order valence-corrected chi connectivity index (χ4v) is 2.48. The molecule has 2 aromatic rings. The number of nitrogens with zero attached hydrogens (tertiary/aromatic N) is 2. The van der Waals surface area contributed by atoms with Crippen molar-refractivity contribution in [1.29, 1.82) is 0 Å². The maximum Gasteiger partial charge on any atom is 0.275 e. The van der Waals surface area contributed by atoms with Crippen LogP contribution in [0.1, 0.15) is 16.1 Å². The lowest BCUT2D eigenvalue weighted by Gasteiger charge is -2.06. The van der Waals surface area contributed by atoms with E-state index in [1.54, 1.807) is 12.3 Å². The number of hydrogen-bond donors (Lipinski definition) is 2. The van der Waals surface area contributed by atoms with Gasteiger partial charge in [-0.25, -0.2) is 0 Å². The minimum absolute atomic E-state index is 0.250. The van der Waals surface area contributed by atoms with E-state index in [1.807, 2.05) is 0 Å². The summed E-state index contributed by atoms with van der Waals surface area (Å²) in [5, 5.41) is 13.9. The monoisotopic (exact) mass is 283 g/mol. The van der Waals surface area contributed by atoms with Crippen molar-refractivity contribution in [2.45, 2.75) is 6.92 Å². The van der Waals surface area contributed by atoms with Crippen molar-refractivity contribution >= 4 is 22.2 Å². The van der Waals surface area contributed by atoms with Gasteiger partial charge in [-0.2, -0.15) is 4.98 Å². The number of amides is 1. The maximum absolute atomic E-state index is 12.2. The highest BCUT2D eigenvalue weighted by molar-refractivity contribution is 7.15. The number of fused-ring (bicyclic) bond motifs is 1. The summed E-state index contributed by atoms with van der Waals surface area (Å²) in [5.74, 6) is -1.21. The fourth-order valence-electron chi connectivity index (χ4n) is 1.63. The summed E-state index contributed by atoms with van der Waals surface area (Å²) < 4.78 is 6.09. The minimum Gasteiger partial charge on any atom is -0.492 e. The van der Waals surface area contributed by atoms with Crippen molar-refractivity contribution < 1.29 is 14.6 Å². The third kappa shape index (κ3) is 2.45. The van der Waals surface area contributed by atoms with Crippen LogP contribution in [0.2, 0.25) is 0 Å². The SMILES string of the molecule is COCCNC(=O)c1c(O)nc2scc(C)n2c1=O. The number of nitrogens with one attached hydrogen (secondary N) is 1. The molecule has 0 aliphatic heterocycles. The van der Waals surface area contributed by atoms with E-state index in [1.165, 1.54) is 22.8 Å². The number of aromatic hydroxyl groups is 1. The summed E-state index contributed by atoms with van der Waals surface area (Å²) in [6.45, 7) is 2.30. The molecule has 0 aliphatic carbocycles. The Balaban J connectivity index is 2.45. The molecule has 0 radical (unpaired) electrons. The van der Waals surface area contributed by atoms with Crippen LogP contribution in [0, 0.1) is 6.92 Å². The minimum atomic E-state index is -0.660. The maximum atomic E-state index is 12.2. The van der Waals surface area contributed by atoms with Gasteiger partial charge in [0, 0.05) is 24.7 Å². The van der Waals surface area contributed by atoms with Gasteiger partial charge in [-0.1, -0.05) is 0 Å². The second-order valence-corrected chi connectivity index (χ2v) is 4.70. The summed E-state index contributed by atoms with van der Waals surface area (Å²) >= 11 is 1.22. The lowest BCUT2D eigenvalue weighted by molar-refractivity contribution is 0.0932. The van der Waals surface area contributed by atoms with Crippen molar-refractivity contribution in [3.63, 3.8) is 0 Å². The van der Waals surface area contributed by atoms with Gasteiger partial charge < -0.3 is 15.2 Å². The zero-order chi connectivity index (χ0) is 14.0. The second-order valence-electron chi connectivity index (χ2n) is 3.86. The molecule has 0 fully saturated rings. The first kappa shape index (κ1) is 13.5. The molecular formula is C11H13N3O4S. The first-order valence-electron chi connectivity index (χ1n) is 5.53. The summed E-state index contributed by atoms with van der Waals surface area (Å²) in [6.07, 6.45) is 0. The topological polar surface area (TPSA) is 92.9 Å². The fraction of sp³-hybridized carbons (Fsp3) is 0.364. The van der Waals surface area contributed by atoms with E-state index in [4.69, 9.17) is 4.74 Å². The Labute approximate surface area is 112 Å². The van der Waals surface area contributed by atoms with Crippen LogP contribution >= 0.6 is 11.3 Å². The highest BCUT2D eigenvalue weighted by atomic mass is 32.1. The van der Waals surface area contributed by atoms with Gasteiger partial charge in [0.05, 0.1) is 6.61 Å². The number of aryl methyl sites for hydroxylation is 1. The van der Waals surface area contributed by atoms with Crippen LogP contribution in [0.15, 0.2) is 10.2 Å². The predicted molar refractivity (Wildman–Crippen MR) is 70.0 cm³/mol. The first-order chi connectivity index (χ1) is 9.06. The van der Waals surface area contributed by atoms with Crippen molar-refractivity contribution in [2.75, 3.05) is 20.3 Å². The summed E-state index contributed by atoms with van der Waals surface area (Å²) in [5.41, 5.74) is -0.255. The Morgan fingerprint density at radius 2 is 2.37 bits per heavy atom. The zero-order valence-corrected chi connectivity index (χ0v) is 11.3. The molecule has 0 unspecified atom stereocenters. The number of aromatic nitrogens is 2. The van der Waals surface area contributed by atoms with Crippen LogP contribution in [0.5, 0.6) is 5.88 Å². The Kier molecular flexibility index (Phi) is 3.82. The van der Waals surface area contributed by atoms with Gasteiger partial charge in [-0.3, -0.25) is 14.0 Å². The third-order valence-electron chi connectivity index (χ3n) is 2.54. The molecule has 2 rings (SSSR count). The van der Waals surface area contributed by atoms with Crippen molar-refractivity contribution in [3.05, 3.63) is 27.0 Å². The predicted octanol–water partition coefficient (Wildman–Crippen LogP) is 0.146. The standard InChI is InChI=1S/C11H13N3O4S/c1-6-5-19-11-13-9(16)7(10(17)14(6)11)8(15)12-3-4-18-2/h5,16H,3-4H2,1-2H3,(H,12,15). The molecule has 0 saturated carbocycles. The molecule has 19 heavy (non-hydrogen) atoms. The number of carbonyl (C=O) groups excluding carboxylic acids is 1. The van der Waals surface area contributed by atoms with Crippen LogP contribution in [0.25, 0.3) is 4.96 Å². The Hall–Kier alpha value is -1.93. The van der Waals surface area contributed by atoms with Crippen molar-refractivity contribution in [1.82, 2.24) is 14.7 Å². The Morgan fingerprint density at radius 3 is 3.05 bits per heavy atom. The molecule has 2 aromatic heterocycles. The van der Waals surface area contributed by atoms with Gasteiger partial charge in [-0.15, -0.1) is 11.3 Å². The smallest absolute Gasteiger partial charge is 0.275 e. The van der Waals surface area contributed by atoms with Gasteiger partial charge >= 0.3 is 0 Å². The van der Waals surface area contributed by atoms with Gasteiger partial charge in [-0.05, 0) is 6.92 Å². The van der Waals surface area contributed by atoms with Gasteiger partial charge in [0.1, 0.15) is 0 Å². The first-order valence-corrected chi connectivity index (χ1v) is 6.41. The van der Waals surface area contributed by atoms with E-state index < -0.39 is 17.3 Å². The van der Waals surface area contributed by atoms with E-state index >= 15 is 0 Å². The molecule has 8 heteroatoms. The van der Waals surface area contributed by atoms with Crippen LogP contribution in [0.3, 0.4) is 0 Å². The van der Waals surface area contributed by atoms with Crippen LogP contribution in [-0.2, 0) is 4.74 Å². The molecule has 0 bridgehead atoms. The van der Waals surface area contributed by atoms with Crippen molar-refractivity contribution in [2.24, 2.45) is 0 Å². The number of methoxy groups -OCH3 is 1. The highest BCUT2D eigenvalue weighted by Crippen LogP contribution is 2.17. The van der Waals surface area contributed by atoms with Crippen LogP contribution in [-0.4, -0.2) is 40.7 Å². The van der Waals surface area contributed by atoms with E-state index in [0.717, 1.165) is 0 Å². The zero-order valence-electron chi connectivity index (χ0n) is 10.5. The molecule has 2 N–H and O–H groups in total. The summed E-state index contributed by atoms with van der Waals surface area (Å²) in [4.78, 5) is 28.3. The average Bonchev–Trinajstić information content (AvgIpc) is 2.71. The third-order valence-corrected chi connectivity index (χ3v) is 3.48. The normalized spacial score (nSPS) is 10.8. The molecular weight excluding hydrogens is 270 g/mol. The number of carbonyl (C=O) groups is 1. The number of ether oxygens (including phenoxy) is 1. The lowest BCUT2D eigenvalue weighted by Crippen LogP contribution is -2.33. The average molecular weight is 283 g/mol. The van der Waals surface area contributed by atoms with E-state index in [0.29, 0.717) is 17.3 Å². The molecule has 7 nitrogen and oxygen atoms in total. The number of thiazole rings is 1. The molecule has 0 spiro atoms. The largest absolute Gasteiger partial charge is 0.492 e. The Bertz CT molecular complexity index is 676. The number of rotatable bonds is 4. The van der Waals surface area contributed by atoms with E-state index in [9.17, 15) is 14.7 Å². The van der Waals surface area contributed by atoms with E-state index in [2.05, 4.69) is 10.3 Å². The van der Waals surface area contributed by atoms with Crippen LogP contribution in [0.4, 0.5) is 0 Å². The van der Waals surface area contributed by atoms with Crippen LogP contribution < -0.4 is 10.9 Å². The summed E-state index contributed by atoms with van der Waals surface area (Å²) in [7, 11) is 1.50. The van der Waals surface area contributed by atoms with E-state index in [-0.39, 0.29) is 12.1 Å². The molecule has 2 heterocycles. The molecule has 0 aromatic carbocycles. The summed E-state index contributed by atoms with van der Waals surface area (Å²) in [6, 6.07) is 0. The molecule has 0 saturated heterocycles. The van der Waals surface area contributed by atoms with Gasteiger partial charge in [0.15, 0.2) is 10.5 Å². The Morgan fingerprint density at radius 1 is 1.63 bits per heavy atom. The molecule has 102 valence electrons. The van der Waals surface area contributed by atoms with Gasteiger partial charge in [0.25, 0.3) is 11.5 Å². The van der Waals surface area contributed by atoms with Crippen molar-refractivity contribution in [3.8, 4) is 5.88 Å². The molecule has 1 amide bonds. The highest BCUT2D eigenvalue weighted by Gasteiger charge is 2.20. The number of hydrogen-bond acceptors (Lipinski definition) is 6. The molecule has 0 aliphatic rings.